The highest BCUT2D eigenvalue weighted by atomic mass is 16.4. The van der Waals surface area contributed by atoms with Crippen LogP contribution in [0.5, 0.6) is 0 Å². The summed E-state index contributed by atoms with van der Waals surface area (Å²) in [6.07, 6.45) is 23.6. The summed E-state index contributed by atoms with van der Waals surface area (Å²) >= 11 is 0. The normalized spacial score (nSPS) is 13.8. The maximum absolute atomic E-state index is 10.3. The van der Waals surface area contributed by atoms with Crippen LogP contribution in [0.4, 0.5) is 0 Å². The lowest BCUT2D eigenvalue weighted by Crippen LogP contribution is -2.03. The predicted octanol–water partition coefficient (Wildman–Crippen LogP) is 5.19. The van der Waals surface area contributed by atoms with Gasteiger partial charge < -0.3 is 10.2 Å². The molecule has 0 bridgehead atoms. The number of aliphatic hydroxyl groups is 1. The highest BCUT2D eigenvalue weighted by Gasteiger charge is 2.01. The number of allylic oxidation sites excluding steroid dienone is 7. The van der Waals surface area contributed by atoms with E-state index in [2.05, 4.69) is 31.2 Å². The van der Waals surface area contributed by atoms with Gasteiger partial charge in [-0.15, -0.1) is 0 Å². The van der Waals surface area contributed by atoms with Gasteiger partial charge in [0.1, 0.15) is 0 Å². The van der Waals surface area contributed by atoms with Crippen molar-refractivity contribution >= 4 is 5.97 Å². The number of hydrogen-bond acceptors (Lipinski definition) is 2. The molecule has 0 saturated heterocycles. The van der Waals surface area contributed by atoms with E-state index in [1.807, 2.05) is 18.2 Å². The largest absolute Gasteiger partial charge is 0.481 e. The zero-order chi connectivity index (χ0) is 17.2. The fraction of sp³-hybridized carbons (Fsp3) is 0.550. The van der Waals surface area contributed by atoms with Crippen LogP contribution >= 0.6 is 0 Å². The summed E-state index contributed by atoms with van der Waals surface area (Å²) in [5, 5.41) is 18.1. The van der Waals surface area contributed by atoms with Gasteiger partial charge in [-0.25, -0.2) is 0 Å². The van der Waals surface area contributed by atoms with Crippen LogP contribution in [0.25, 0.3) is 0 Å². The van der Waals surface area contributed by atoms with Crippen molar-refractivity contribution < 1.29 is 15.0 Å². The SMILES string of the molecule is CCCCC/C=C\C/C=C\C/C=C\C=C\[C@@H](O)CCCC(=O)O. The van der Waals surface area contributed by atoms with Crippen molar-refractivity contribution in [2.24, 2.45) is 0 Å². The molecule has 0 spiro atoms. The van der Waals surface area contributed by atoms with E-state index in [4.69, 9.17) is 5.11 Å². The van der Waals surface area contributed by atoms with Crippen LogP contribution in [-0.4, -0.2) is 22.3 Å². The Balaban J connectivity index is 3.59. The molecule has 2 N–H and O–H groups in total. The van der Waals surface area contributed by atoms with Crippen molar-refractivity contribution in [2.45, 2.75) is 70.8 Å². The smallest absolute Gasteiger partial charge is 0.303 e. The van der Waals surface area contributed by atoms with Gasteiger partial charge >= 0.3 is 5.97 Å². The number of carbonyl (C=O) groups is 1. The molecule has 0 heterocycles. The highest BCUT2D eigenvalue weighted by molar-refractivity contribution is 5.66. The summed E-state index contributed by atoms with van der Waals surface area (Å²) in [5.41, 5.74) is 0. The van der Waals surface area contributed by atoms with E-state index in [1.54, 1.807) is 6.08 Å². The van der Waals surface area contributed by atoms with E-state index >= 15 is 0 Å². The Morgan fingerprint density at radius 1 is 0.957 bits per heavy atom. The summed E-state index contributed by atoms with van der Waals surface area (Å²) < 4.78 is 0. The molecule has 0 amide bonds. The van der Waals surface area contributed by atoms with E-state index in [0.717, 1.165) is 12.8 Å². The number of unbranched alkanes of at least 4 members (excludes halogenated alkanes) is 3. The second kappa shape index (κ2) is 16.8. The fourth-order valence-electron chi connectivity index (χ4n) is 1.98. The van der Waals surface area contributed by atoms with E-state index < -0.39 is 12.1 Å². The monoisotopic (exact) mass is 320 g/mol. The Morgan fingerprint density at radius 3 is 2.35 bits per heavy atom. The molecule has 1 atom stereocenters. The molecule has 0 saturated carbocycles. The van der Waals surface area contributed by atoms with Gasteiger partial charge in [0.05, 0.1) is 6.10 Å². The van der Waals surface area contributed by atoms with Gasteiger partial charge in [-0.3, -0.25) is 4.79 Å². The lowest BCUT2D eigenvalue weighted by molar-refractivity contribution is -0.137. The predicted molar refractivity (Wildman–Crippen MR) is 97.4 cm³/mol. The second-order valence-corrected chi connectivity index (χ2v) is 5.58. The molecular formula is C20H32O3. The zero-order valence-electron chi connectivity index (χ0n) is 14.4. The first-order valence-corrected chi connectivity index (χ1v) is 8.70. The summed E-state index contributed by atoms with van der Waals surface area (Å²) in [6.45, 7) is 2.22. The highest BCUT2D eigenvalue weighted by Crippen LogP contribution is 2.03. The molecular weight excluding hydrogens is 288 g/mol. The Bertz CT molecular complexity index is 392. The molecule has 3 heteroatoms. The molecule has 0 fully saturated rings. The maximum atomic E-state index is 10.3. The van der Waals surface area contributed by atoms with Crippen LogP contribution in [0, 0.1) is 0 Å². The van der Waals surface area contributed by atoms with Crippen molar-refractivity contribution in [3.8, 4) is 0 Å². The molecule has 23 heavy (non-hydrogen) atoms. The summed E-state index contributed by atoms with van der Waals surface area (Å²) in [5.74, 6) is -0.816. The van der Waals surface area contributed by atoms with Gasteiger partial charge in [0.25, 0.3) is 0 Å². The molecule has 0 radical (unpaired) electrons. The average Bonchev–Trinajstić information content (AvgIpc) is 2.51. The van der Waals surface area contributed by atoms with Crippen molar-refractivity contribution in [1.29, 1.82) is 0 Å². The first kappa shape index (κ1) is 21.4. The maximum Gasteiger partial charge on any atom is 0.303 e. The van der Waals surface area contributed by atoms with Crippen molar-refractivity contribution in [3.05, 3.63) is 48.6 Å². The van der Waals surface area contributed by atoms with Gasteiger partial charge in [-0.2, -0.15) is 0 Å². The lowest BCUT2D eigenvalue weighted by atomic mass is 10.1. The third kappa shape index (κ3) is 18.3. The minimum Gasteiger partial charge on any atom is -0.481 e. The van der Waals surface area contributed by atoms with Crippen LogP contribution in [0.1, 0.15) is 64.7 Å². The molecule has 0 aliphatic carbocycles. The minimum absolute atomic E-state index is 0.110. The van der Waals surface area contributed by atoms with Crippen molar-refractivity contribution in [3.63, 3.8) is 0 Å². The number of carboxylic acids is 1. The van der Waals surface area contributed by atoms with Crippen LogP contribution in [0.15, 0.2) is 48.6 Å². The molecule has 0 aromatic heterocycles. The van der Waals surface area contributed by atoms with Crippen LogP contribution in [0.3, 0.4) is 0 Å². The van der Waals surface area contributed by atoms with Crippen LogP contribution in [0.2, 0.25) is 0 Å². The first-order valence-electron chi connectivity index (χ1n) is 8.70. The van der Waals surface area contributed by atoms with Crippen molar-refractivity contribution in [2.75, 3.05) is 0 Å². The third-order valence-corrected chi connectivity index (χ3v) is 3.32. The number of aliphatic carboxylic acids is 1. The molecule has 0 aliphatic rings. The van der Waals surface area contributed by atoms with Crippen LogP contribution < -0.4 is 0 Å². The number of rotatable bonds is 14. The van der Waals surface area contributed by atoms with Gasteiger partial charge in [-0.1, -0.05) is 68.4 Å². The zero-order valence-corrected chi connectivity index (χ0v) is 14.4. The van der Waals surface area contributed by atoms with Gasteiger partial charge in [-0.05, 0) is 38.5 Å². The first-order chi connectivity index (χ1) is 11.2. The molecule has 0 rings (SSSR count). The van der Waals surface area contributed by atoms with Crippen molar-refractivity contribution in [1.82, 2.24) is 0 Å². The summed E-state index contributed by atoms with van der Waals surface area (Å²) in [7, 11) is 0. The number of aliphatic hydroxyl groups excluding tert-OH is 1. The topological polar surface area (TPSA) is 57.5 Å². The fourth-order valence-corrected chi connectivity index (χ4v) is 1.98. The number of hydrogen-bond donors (Lipinski definition) is 2. The van der Waals surface area contributed by atoms with Gasteiger partial charge in [0.15, 0.2) is 0 Å². The quantitative estimate of drug-likeness (QED) is 0.263. The summed E-state index contributed by atoms with van der Waals surface area (Å²) in [6, 6.07) is 0. The molecule has 0 aliphatic heterocycles. The molecule has 0 unspecified atom stereocenters. The second-order valence-electron chi connectivity index (χ2n) is 5.58. The lowest BCUT2D eigenvalue weighted by Gasteiger charge is -2.02. The molecule has 130 valence electrons. The summed E-state index contributed by atoms with van der Waals surface area (Å²) in [4.78, 5) is 10.3. The Kier molecular flexibility index (Phi) is 15.6. The Hall–Kier alpha value is -1.61. The standard InChI is InChI=1S/C20H32O3/c1-2-3-4-5-6-7-8-9-10-11-12-13-14-16-19(21)17-15-18-20(22)23/h6-7,9-10,12-14,16,19,21H,2-5,8,11,15,17-18H2,1H3,(H,22,23)/b7-6-,10-9-,13-12-,16-14+/t19-/m1/s1. The van der Waals surface area contributed by atoms with E-state index in [-0.39, 0.29) is 6.42 Å². The van der Waals surface area contributed by atoms with Gasteiger partial charge in [0, 0.05) is 6.42 Å². The van der Waals surface area contributed by atoms with Crippen LogP contribution in [-0.2, 0) is 4.79 Å². The third-order valence-electron chi connectivity index (χ3n) is 3.32. The number of carboxylic acid groups (broad SMARTS) is 1. The van der Waals surface area contributed by atoms with E-state index in [0.29, 0.717) is 12.8 Å². The van der Waals surface area contributed by atoms with E-state index in [9.17, 15) is 9.90 Å². The Labute approximate surface area is 141 Å². The Morgan fingerprint density at radius 2 is 1.65 bits per heavy atom. The van der Waals surface area contributed by atoms with E-state index in [1.165, 1.54) is 25.7 Å². The molecule has 3 nitrogen and oxygen atoms in total. The molecule has 0 aromatic carbocycles. The molecule has 0 aromatic rings. The van der Waals surface area contributed by atoms with Gasteiger partial charge in [0.2, 0.25) is 0 Å². The minimum atomic E-state index is -0.816. The average molecular weight is 320 g/mol.